The molecule has 2 aliphatic carbocycles. The van der Waals surface area contributed by atoms with Crippen molar-refractivity contribution in [1.82, 2.24) is 0 Å². The van der Waals surface area contributed by atoms with Gasteiger partial charge in [-0.3, -0.25) is 9.59 Å². The van der Waals surface area contributed by atoms with E-state index in [1.54, 1.807) is 12.1 Å². The quantitative estimate of drug-likeness (QED) is 0.544. The van der Waals surface area contributed by atoms with Crippen molar-refractivity contribution in [2.75, 3.05) is 6.61 Å². The van der Waals surface area contributed by atoms with Crippen molar-refractivity contribution < 1.29 is 23.9 Å². The minimum absolute atomic E-state index is 0.146. The molecule has 29 heavy (non-hydrogen) atoms. The number of hydrogen-bond donors (Lipinski definition) is 0. The summed E-state index contributed by atoms with van der Waals surface area (Å²) in [5.74, 6) is -0.594. The van der Waals surface area contributed by atoms with E-state index in [1.807, 2.05) is 24.3 Å². The summed E-state index contributed by atoms with van der Waals surface area (Å²) in [6.07, 6.45) is 4.90. The third kappa shape index (κ3) is 4.00. The Morgan fingerprint density at radius 2 is 1.86 bits per heavy atom. The molecule has 1 aromatic carbocycles. The van der Waals surface area contributed by atoms with Crippen LogP contribution in [-0.4, -0.2) is 30.9 Å². The van der Waals surface area contributed by atoms with Gasteiger partial charge in [0.25, 0.3) is 0 Å². The molecule has 156 valence electrons. The summed E-state index contributed by atoms with van der Waals surface area (Å²) in [5, 5.41) is 0. The summed E-state index contributed by atoms with van der Waals surface area (Å²) in [5.41, 5.74) is 0.771. The molecule has 2 aliphatic rings. The lowest BCUT2D eigenvalue weighted by molar-refractivity contribution is -0.151. The Hall–Kier alpha value is -2.43. The lowest BCUT2D eigenvalue weighted by Gasteiger charge is -2.58. The smallest absolute Gasteiger partial charge is 0.338 e. The van der Waals surface area contributed by atoms with E-state index in [0.717, 1.165) is 19.1 Å². The highest BCUT2D eigenvalue weighted by molar-refractivity contribution is 5.89. The number of aldehydes is 1. The molecule has 5 heteroatoms. The van der Waals surface area contributed by atoms with Crippen molar-refractivity contribution in [3.63, 3.8) is 0 Å². The van der Waals surface area contributed by atoms with Gasteiger partial charge >= 0.3 is 11.9 Å². The molecule has 5 nitrogen and oxygen atoms in total. The van der Waals surface area contributed by atoms with Crippen molar-refractivity contribution in [3.05, 3.63) is 47.5 Å². The van der Waals surface area contributed by atoms with Crippen LogP contribution in [0.4, 0.5) is 0 Å². The normalized spacial score (nSPS) is 30.5. The van der Waals surface area contributed by atoms with Gasteiger partial charge < -0.3 is 9.47 Å². The fraction of sp³-hybridized carbons (Fsp3) is 0.542. The minimum Gasteiger partial charge on any atom is -0.465 e. The Balaban J connectivity index is 1.84. The van der Waals surface area contributed by atoms with Gasteiger partial charge in [-0.15, -0.1) is 0 Å². The highest BCUT2D eigenvalue weighted by Gasteiger charge is 2.57. The van der Waals surface area contributed by atoms with E-state index in [9.17, 15) is 14.4 Å². The molecule has 0 radical (unpaired) electrons. The highest BCUT2D eigenvalue weighted by Crippen LogP contribution is 2.60. The van der Waals surface area contributed by atoms with Crippen LogP contribution < -0.4 is 0 Å². The number of fused-ring (bicyclic) bond motifs is 1. The fourth-order valence-electron chi connectivity index (χ4n) is 5.43. The number of rotatable bonds is 5. The molecule has 3 rings (SSSR count). The van der Waals surface area contributed by atoms with Crippen LogP contribution in [0.15, 0.2) is 42.0 Å². The van der Waals surface area contributed by atoms with Crippen molar-refractivity contribution >= 4 is 18.2 Å². The van der Waals surface area contributed by atoms with E-state index in [4.69, 9.17) is 9.47 Å². The maximum absolute atomic E-state index is 12.6. The van der Waals surface area contributed by atoms with Gasteiger partial charge in [0.2, 0.25) is 0 Å². The van der Waals surface area contributed by atoms with Gasteiger partial charge in [0, 0.05) is 18.3 Å². The monoisotopic (exact) mass is 398 g/mol. The van der Waals surface area contributed by atoms with Crippen LogP contribution in [0.5, 0.6) is 0 Å². The molecular formula is C24H30O5. The summed E-state index contributed by atoms with van der Waals surface area (Å²) in [4.78, 5) is 35.7. The molecular weight excluding hydrogens is 368 g/mol. The predicted molar refractivity (Wildman–Crippen MR) is 109 cm³/mol. The van der Waals surface area contributed by atoms with Gasteiger partial charge in [-0.1, -0.05) is 45.0 Å². The molecule has 1 saturated carbocycles. The number of esters is 2. The van der Waals surface area contributed by atoms with Gasteiger partial charge in [0.15, 0.2) is 0 Å². The molecule has 0 aromatic heterocycles. The Bertz CT molecular complexity index is 810. The maximum atomic E-state index is 12.6. The fourth-order valence-corrected chi connectivity index (χ4v) is 5.43. The largest absolute Gasteiger partial charge is 0.465 e. The summed E-state index contributed by atoms with van der Waals surface area (Å²) in [6.45, 7) is 8.05. The second-order valence-electron chi connectivity index (χ2n) is 9.09. The van der Waals surface area contributed by atoms with Gasteiger partial charge in [-0.05, 0) is 48.3 Å². The third-order valence-electron chi connectivity index (χ3n) is 7.11. The van der Waals surface area contributed by atoms with E-state index >= 15 is 0 Å². The third-order valence-corrected chi connectivity index (χ3v) is 7.11. The van der Waals surface area contributed by atoms with Crippen LogP contribution in [0.25, 0.3) is 0 Å². The molecule has 0 amide bonds. The summed E-state index contributed by atoms with van der Waals surface area (Å²) < 4.78 is 11.3. The zero-order valence-electron chi connectivity index (χ0n) is 17.6. The van der Waals surface area contributed by atoms with Crippen molar-refractivity contribution in [1.29, 1.82) is 0 Å². The van der Waals surface area contributed by atoms with Crippen LogP contribution in [0.2, 0.25) is 0 Å². The highest BCUT2D eigenvalue weighted by atomic mass is 16.5. The van der Waals surface area contributed by atoms with Crippen LogP contribution >= 0.6 is 0 Å². The Labute approximate surface area is 172 Å². The topological polar surface area (TPSA) is 69.7 Å². The first-order valence-corrected chi connectivity index (χ1v) is 10.2. The Morgan fingerprint density at radius 1 is 1.17 bits per heavy atom. The second-order valence-corrected chi connectivity index (χ2v) is 9.09. The SMILES string of the molecule is CC(=O)OC[C@H]1C(C=O)=CC[C@H]2C(C)(C)[C@@H](OC(=O)c3ccccc3)CC[C@]12C. The van der Waals surface area contributed by atoms with Gasteiger partial charge in [-0.2, -0.15) is 0 Å². The minimum atomic E-state index is -0.342. The maximum Gasteiger partial charge on any atom is 0.338 e. The summed E-state index contributed by atoms with van der Waals surface area (Å²) in [6, 6.07) is 9.04. The van der Waals surface area contributed by atoms with E-state index in [-0.39, 0.29) is 47.3 Å². The van der Waals surface area contributed by atoms with Crippen molar-refractivity contribution in [2.45, 2.75) is 53.1 Å². The number of hydrogen-bond acceptors (Lipinski definition) is 5. The number of carbonyl (C=O) groups excluding carboxylic acids is 3. The van der Waals surface area contributed by atoms with E-state index in [1.165, 1.54) is 6.92 Å². The molecule has 0 saturated heterocycles. The first-order chi connectivity index (χ1) is 13.7. The standard InChI is InChI=1S/C24H30O5/c1-16(26)28-15-19-18(14-25)10-11-20-23(2,3)21(12-13-24(19,20)4)29-22(27)17-8-6-5-7-9-17/h5-10,14,19-21H,11-13,15H2,1-4H3/t19-,20-,21-,24+/m0/s1. The molecule has 0 unspecified atom stereocenters. The van der Waals surface area contributed by atoms with Crippen molar-refractivity contribution in [3.8, 4) is 0 Å². The van der Waals surface area contributed by atoms with E-state index in [0.29, 0.717) is 17.6 Å². The lowest BCUT2D eigenvalue weighted by Crippen LogP contribution is -2.56. The molecule has 0 heterocycles. The lowest BCUT2D eigenvalue weighted by atomic mass is 9.48. The first-order valence-electron chi connectivity index (χ1n) is 10.2. The van der Waals surface area contributed by atoms with Crippen LogP contribution in [0, 0.1) is 22.7 Å². The van der Waals surface area contributed by atoms with Crippen molar-refractivity contribution in [2.24, 2.45) is 22.7 Å². The molecule has 0 N–H and O–H groups in total. The second kappa shape index (κ2) is 8.13. The average molecular weight is 398 g/mol. The van der Waals surface area contributed by atoms with Gasteiger partial charge in [-0.25, -0.2) is 4.79 Å². The van der Waals surface area contributed by atoms with E-state index in [2.05, 4.69) is 20.8 Å². The Kier molecular flexibility index (Phi) is 5.97. The summed E-state index contributed by atoms with van der Waals surface area (Å²) >= 11 is 0. The molecule has 4 atom stereocenters. The number of ether oxygens (including phenoxy) is 2. The van der Waals surface area contributed by atoms with Crippen LogP contribution in [-0.2, 0) is 19.1 Å². The molecule has 1 aromatic rings. The van der Waals surface area contributed by atoms with E-state index < -0.39 is 0 Å². The molecule has 0 aliphatic heterocycles. The predicted octanol–water partition coefficient (Wildman–Crippen LogP) is 4.36. The number of allylic oxidation sites excluding steroid dienone is 1. The summed E-state index contributed by atoms with van der Waals surface area (Å²) in [7, 11) is 0. The zero-order chi connectivity index (χ0) is 21.2. The first kappa shape index (κ1) is 21.3. The van der Waals surface area contributed by atoms with Gasteiger partial charge in [0.1, 0.15) is 12.4 Å². The van der Waals surface area contributed by atoms with Crippen LogP contribution in [0.3, 0.4) is 0 Å². The van der Waals surface area contributed by atoms with Crippen LogP contribution in [0.1, 0.15) is 57.3 Å². The molecule has 0 spiro atoms. The zero-order valence-corrected chi connectivity index (χ0v) is 17.6. The average Bonchev–Trinajstić information content (AvgIpc) is 2.69. The Morgan fingerprint density at radius 3 is 2.48 bits per heavy atom. The molecule has 0 bridgehead atoms. The number of carbonyl (C=O) groups is 3. The number of benzene rings is 1. The van der Waals surface area contributed by atoms with Gasteiger partial charge in [0.05, 0.1) is 12.2 Å². The molecule has 1 fully saturated rings.